The van der Waals surface area contributed by atoms with Crippen LogP contribution in [0.4, 0.5) is 4.79 Å². The molecule has 0 bridgehead atoms. The number of hydrogen-bond acceptors (Lipinski definition) is 6. The van der Waals surface area contributed by atoms with Gasteiger partial charge >= 0.3 is 12.0 Å². The van der Waals surface area contributed by atoms with Crippen molar-refractivity contribution in [3.05, 3.63) is 82.0 Å². The molecule has 3 heterocycles. The molecule has 0 fully saturated rings. The number of methoxy groups -OCH3 is 1. The van der Waals surface area contributed by atoms with E-state index in [0.29, 0.717) is 58.5 Å². The number of ether oxygens (including phenoxy) is 3. The minimum absolute atomic E-state index is 0.0618. The number of rotatable bonds is 8. The lowest BCUT2D eigenvalue weighted by atomic mass is 9.86. The zero-order valence-electron chi connectivity index (χ0n) is 23.5. The van der Waals surface area contributed by atoms with Crippen LogP contribution in [0.15, 0.2) is 48.5 Å². The lowest BCUT2D eigenvalue weighted by molar-refractivity contribution is -0.143. The average Bonchev–Trinajstić information content (AvgIpc) is 2.99. The van der Waals surface area contributed by atoms with E-state index in [9.17, 15) is 9.59 Å². The van der Waals surface area contributed by atoms with Gasteiger partial charge in [-0.25, -0.2) is 4.79 Å². The van der Waals surface area contributed by atoms with E-state index in [1.807, 2.05) is 35.2 Å². The van der Waals surface area contributed by atoms with Crippen molar-refractivity contribution in [2.75, 3.05) is 26.8 Å². The number of hydrogen-bond donors (Lipinski definition) is 1. The van der Waals surface area contributed by atoms with Crippen molar-refractivity contribution in [3.63, 3.8) is 0 Å². The second kappa shape index (κ2) is 12.5. The molecule has 2 aliphatic rings. The van der Waals surface area contributed by atoms with E-state index in [1.54, 1.807) is 14.0 Å². The van der Waals surface area contributed by atoms with E-state index in [-0.39, 0.29) is 18.1 Å². The SMILES string of the molecule is CCOC(=O)CCCNC(=O)N1CCc2nc(-c3ccc(OC)cc3C)c3c(c2C1)CO[C@@H](c1ccccc1)C3. The summed E-state index contributed by atoms with van der Waals surface area (Å²) in [6.07, 6.45) is 2.16. The van der Waals surface area contributed by atoms with Crippen LogP contribution in [0.25, 0.3) is 11.3 Å². The van der Waals surface area contributed by atoms with Gasteiger partial charge in [0, 0.05) is 50.2 Å². The molecule has 3 aromatic rings. The van der Waals surface area contributed by atoms with Crippen molar-refractivity contribution in [2.24, 2.45) is 0 Å². The Morgan fingerprint density at radius 1 is 1.12 bits per heavy atom. The van der Waals surface area contributed by atoms with Crippen LogP contribution >= 0.6 is 0 Å². The van der Waals surface area contributed by atoms with E-state index in [4.69, 9.17) is 19.2 Å². The minimum Gasteiger partial charge on any atom is -0.497 e. The molecule has 5 rings (SSSR count). The molecule has 0 aliphatic carbocycles. The molecule has 210 valence electrons. The van der Waals surface area contributed by atoms with Crippen molar-refractivity contribution in [1.29, 1.82) is 0 Å². The molecule has 0 saturated carbocycles. The highest BCUT2D eigenvalue weighted by Crippen LogP contribution is 2.40. The fraction of sp³-hybridized carbons (Fsp3) is 0.406. The summed E-state index contributed by atoms with van der Waals surface area (Å²) in [5.41, 5.74) is 8.78. The van der Waals surface area contributed by atoms with Gasteiger partial charge in [0.15, 0.2) is 0 Å². The molecule has 0 radical (unpaired) electrons. The van der Waals surface area contributed by atoms with Crippen molar-refractivity contribution >= 4 is 12.0 Å². The van der Waals surface area contributed by atoms with Crippen LogP contribution in [0.2, 0.25) is 0 Å². The zero-order chi connectivity index (χ0) is 28.1. The number of fused-ring (bicyclic) bond motifs is 3. The number of urea groups is 1. The van der Waals surface area contributed by atoms with Crippen LogP contribution in [-0.4, -0.2) is 48.7 Å². The number of amides is 2. The average molecular weight is 544 g/mol. The first-order valence-electron chi connectivity index (χ1n) is 14.0. The first-order chi connectivity index (χ1) is 19.5. The van der Waals surface area contributed by atoms with E-state index >= 15 is 0 Å². The Labute approximate surface area is 235 Å². The molecule has 0 spiro atoms. The third-order valence-electron chi connectivity index (χ3n) is 7.68. The molecule has 1 aromatic heterocycles. The maximum atomic E-state index is 13.0. The van der Waals surface area contributed by atoms with Crippen LogP contribution in [0, 0.1) is 6.92 Å². The highest BCUT2D eigenvalue weighted by atomic mass is 16.5. The number of aromatic nitrogens is 1. The van der Waals surface area contributed by atoms with Crippen molar-refractivity contribution in [3.8, 4) is 17.0 Å². The summed E-state index contributed by atoms with van der Waals surface area (Å²) in [5.74, 6) is 0.584. The fourth-order valence-corrected chi connectivity index (χ4v) is 5.58. The minimum atomic E-state index is -0.238. The second-order valence-corrected chi connectivity index (χ2v) is 10.3. The van der Waals surface area contributed by atoms with Gasteiger partial charge in [-0.3, -0.25) is 9.78 Å². The van der Waals surface area contributed by atoms with Gasteiger partial charge in [0.25, 0.3) is 0 Å². The zero-order valence-corrected chi connectivity index (χ0v) is 23.5. The van der Waals surface area contributed by atoms with Gasteiger partial charge in [0.2, 0.25) is 0 Å². The van der Waals surface area contributed by atoms with Gasteiger partial charge in [0.05, 0.1) is 32.1 Å². The smallest absolute Gasteiger partial charge is 0.317 e. The number of aryl methyl sites for hydroxylation is 1. The largest absolute Gasteiger partial charge is 0.497 e. The maximum Gasteiger partial charge on any atom is 0.317 e. The Balaban J connectivity index is 1.42. The Morgan fingerprint density at radius 3 is 2.70 bits per heavy atom. The first kappa shape index (κ1) is 27.6. The predicted octanol–water partition coefficient (Wildman–Crippen LogP) is 5.29. The number of nitrogens with one attached hydrogen (secondary N) is 1. The molecule has 0 unspecified atom stereocenters. The third-order valence-corrected chi connectivity index (χ3v) is 7.68. The van der Waals surface area contributed by atoms with Crippen molar-refractivity contribution in [1.82, 2.24) is 15.2 Å². The molecular weight excluding hydrogens is 506 g/mol. The maximum absolute atomic E-state index is 13.0. The Hall–Kier alpha value is -3.91. The third kappa shape index (κ3) is 5.97. The summed E-state index contributed by atoms with van der Waals surface area (Å²) in [5, 5.41) is 2.96. The van der Waals surface area contributed by atoms with Crippen LogP contribution in [-0.2, 0) is 40.3 Å². The molecule has 0 saturated heterocycles. The highest BCUT2D eigenvalue weighted by molar-refractivity contribution is 5.76. The van der Waals surface area contributed by atoms with E-state index in [2.05, 4.69) is 30.4 Å². The number of carbonyl (C=O) groups excluding carboxylic acids is 2. The Bertz CT molecular complexity index is 1370. The monoisotopic (exact) mass is 543 g/mol. The van der Waals surface area contributed by atoms with Gasteiger partial charge in [-0.2, -0.15) is 0 Å². The Kier molecular flexibility index (Phi) is 8.65. The lowest BCUT2D eigenvalue weighted by Crippen LogP contribution is -2.44. The van der Waals surface area contributed by atoms with E-state index in [1.165, 1.54) is 5.56 Å². The molecule has 8 nitrogen and oxygen atoms in total. The van der Waals surface area contributed by atoms with Crippen LogP contribution in [0.1, 0.15) is 59.4 Å². The van der Waals surface area contributed by atoms with Crippen molar-refractivity contribution < 1.29 is 23.8 Å². The fourth-order valence-electron chi connectivity index (χ4n) is 5.58. The summed E-state index contributed by atoms with van der Waals surface area (Å²) < 4.78 is 16.8. The first-order valence-corrected chi connectivity index (χ1v) is 14.0. The van der Waals surface area contributed by atoms with Gasteiger partial charge < -0.3 is 24.4 Å². The predicted molar refractivity (Wildman–Crippen MR) is 152 cm³/mol. The molecule has 8 heteroatoms. The highest BCUT2D eigenvalue weighted by Gasteiger charge is 2.32. The topological polar surface area (TPSA) is 90.0 Å². The quantitative estimate of drug-likeness (QED) is 0.307. The standard InChI is InChI=1S/C32H37N3O5/c1-4-39-30(36)11-8-15-33-32(37)35-16-14-28-26(19-35)27-20-40-29(22-9-6-5-7-10-22)18-25(27)31(34-28)24-13-12-23(38-3)17-21(24)2/h5-7,9-10,12-13,17,29H,4,8,11,14-16,18-20H2,1-3H3,(H,33,37)/t29-/m1/s1. The molecule has 2 amide bonds. The van der Waals surface area contributed by atoms with Crippen LogP contribution in [0.5, 0.6) is 5.75 Å². The Morgan fingerprint density at radius 2 is 1.95 bits per heavy atom. The van der Waals surface area contributed by atoms with Gasteiger partial charge in [-0.15, -0.1) is 0 Å². The number of pyridine rings is 1. The van der Waals surface area contributed by atoms with Gasteiger partial charge in [0.1, 0.15) is 5.75 Å². The second-order valence-electron chi connectivity index (χ2n) is 10.3. The summed E-state index contributed by atoms with van der Waals surface area (Å²) in [6, 6.07) is 16.3. The summed E-state index contributed by atoms with van der Waals surface area (Å²) in [7, 11) is 1.68. The molecule has 40 heavy (non-hydrogen) atoms. The van der Waals surface area contributed by atoms with E-state index in [0.717, 1.165) is 45.0 Å². The molecule has 2 aliphatic heterocycles. The van der Waals surface area contributed by atoms with E-state index < -0.39 is 0 Å². The summed E-state index contributed by atoms with van der Waals surface area (Å²) >= 11 is 0. The number of esters is 1. The number of nitrogens with zero attached hydrogens (tertiary/aromatic N) is 2. The normalized spacial score (nSPS) is 16.1. The molecule has 1 atom stereocenters. The van der Waals surface area contributed by atoms with Crippen molar-refractivity contribution in [2.45, 2.75) is 58.8 Å². The number of benzene rings is 2. The lowest BCUT2D eigenvalue weighted by Gasteiger charge is -2.35. The van der Waals surface area contributed by atoms with Crippen LogP contribution in [0.3, 0.4) is 0 Å². The van der Waals surface area contributed by atoms with Gasteiger partial charge in [-0.1, -0.05) is 30.3 Å². The number of carbonyl (C=O) groups is 2. The summed E-state index contributed by atoms with van der Waals surface area (Å²) in [6.45, 7) is 6.20. The molecule has 2 aromatic carbocycles. The van der Waals surface area contributed by atoms with Gasteiger partial charge in [-0.05, 0) is 66.3 Å². The molecule has 1 N–H and O–H groups in total. The van der Waals surface area contributed by atoms with Crippen LogP contribution < -0.4 is 10.1 Å². The summed E-state index contributed by atoms with van der Waals surface area (Å²) in [4.78, 5) is 31.7. The molecular formula is C32H37N3O5.